The quantitative estimate of drug-likeness (QED) is 0.814. The fraction of sp³-hybridized carbons (Fsp3) is 0.417. The standard InChI is InChI=1S/C12H14N2O3/c1-7-3-2-6-13-9(7)11(15)14-10(12(16)17)8-4-5-8/h2-3,6,8,10H,4-5H2,1H3,(H,14,15)(H,16,17). The van der Waals surface area contributed by atoms with Crippen LogP contribution in [0.3, 0.4) is 0 Å². The predicted octanol–water partition coefficient (Wildman–Crippen LogP) is 0.983. The maximum absolute atomic E-state index is 11.9. The summed E-state index contributed by atoms with van der Waals surface area (Å²) in [6, 6.07) is 2.72. The average molecular weight is 234 g/mol. The van der Waals surface area contributed by atoms with Gasteiger partial charge in [-0.25, -0.2) is 4.79 Å². The number of carbonyl (C=O) groups excluding carboxylic acids is 1. The van der Waals surface area contributed by atoms with Gasteiger partial charge in [0.25, 0.3) is 5.91 Å². The molecule has 0 aliphatic heterocycles. The van der Waals surface area contributed by atoms with Crippen molar-refractivity contribution in [1.29, 1.82) is 0 Å². The number of rotatable bonds is 4. The van der Waals surface area contributed by atoms with Crippen molar-refractivity contribution in [2.75, 3.05) is 0 Å². The molecule has 1 aliphatic carbocycles. The Morgan fingerprint density at radius 1 is 1.53 bits per heavy atom. The van der Waals surface area contributed by atoms with Crippen LogP contribution in [0.1, 0.15) is 28.9 Å². The molecule has 2 rings (SSSR count). The van der Waals surface area contributed by atoms with Gasteiger partial charge in [0.15, 0.2) is 0 Å². The van der Waals surface area contributed by atoms with E-state index >= 15 is 0 Å². The Morgan fingerprint density at radius 2 is 2.24 bits per heavy atom. The lowest BCUT2D eigenvalue weighted by molar-refractivity contribution is -0.139. The van der Waals surface area contributed by atoms with Gasteiger partial charge < -0.3 is 10.4 Å². The Bertz CT molecular complexity index is 455. The Morgan fingerprint density at radius 3 is 2.76 bits per heavy atom. The maximum atomic E-state index is 11.9. The van der Waals surface area contributed by atoms with Gasteiger partial charge in [0.05, 0.1) is 0 Å². The maximum Gasteiger partial charge on any atom is 0.326 e. The van der Waals surface area contributed by atoms with Crippen molar-refractivity contribution in [1.82, 2.24) is 10.3 Å². The molecule has 1 fully saturated rings. The number of carbonyl (C=O) groups is 2. The minimum Gasteiger partial charge on any atom is -0.480 e. The van der Waals surface area contributed by atoms with E-state index in [1.807, 2.05) is 0 Å². The van der Waals surface area contributed by atoms with Gasteiger partial charge in [0, 0.05) is 6.20 Å². The summed E-state index contributed by atoms with van der Waals surface area (Å²) >= 11 is 0. The number of aromatic nitrogens is 1. The molecule has 1 heterocycles. The zero-order valence-electron chi connectivity index (χ0n) is 9.51. The average Bonchev–Trinajstić information content (AvgIpc) is 3.09. The molecule has 0 spiro atoms. The first-order valence-electron chi connectivity index (χ1n) is 5.55. The van der Waals surface area contributed by atoms with Crippen LogP contribution >= 0.6 is 0 Å². The number of nitrogens with one attached hydrogen (secondary N) is 1. The van der Waals surface area contributed by atoms with Gasteiger partial charge in [0.2, 0.25) is 0 Å². The number of carboxylic acid groups (broad SMARTS) is 1. The first-order chi connectivity index (χ1) is 8.09. The molecular formula is C12H14N2O3. The molecule has 1 amide bonds. The monoisotopic (exact) mass is 234 g/mol. The van der Waals surface area contributed by atoms with E-state index < -0.39 is 17.9 Å². The summed E-state index contributed by atoms with van der Waals surface area (Å²) in [5.41, 5.74) is 1.03. The smallest absolute Gasteiger partial charge is 0.326 e. The zero-order chi connectivity index (χ0) is 12.4. The number of aryl methyl sites for hydroxylation is 1. The van der Waals surface area contributed by atoms with Crippen molar-refractivity contribution in [3.8, 4) is 0 Å². The lowest BCUT2D eigenvalue weighted by Crippen LogP contribution is -2.42. The minimum absolute atomic E-state index is 0.0699. The number of pyridine rings is 1. The normalized spacial score (nSPS) is 16.3. The minimum atomic E-state index is -0.977. The highest BCUT2D eigenvalue weighted by Crippen LogP contribution is 2.32. The fourth-order valence-electron chi connectivity index (χ4n) is 1.74. The summed E-state index contributed by atoms with van der Waals surface area (Å²) < 4.78 is 0. The lowest BCUT2D eigenvalue weighted by Gasteiger charge is -2.13. The zero-order valence-corrected chi connectivity index (χ0v) is 9.51. The van der Waals surface area contributed by atoms with Crippen molar-refractivity contribution >= 4 is 11.9 Å². The molecule has 17 heavy (non-hydrogen) atoms. The Labute approximate surface area is 98.9 Å². The van der Waals surface area contributed by atoms with Crippen LogP contribution in [0.2, 0.25) is 0 Å². The molecule has 0 aromatic carbocycles. The lowest BCUT2D eigenvalue weighted by atomic mass is 10.1. The highest BCUT2D eigenvalue weighted by molar-refractivity contribution is 5.96. The van der Waals surface area contributed by atoms with E-state index in [0.717, 1.165) is 18.4 Å². The van der Waals surface area contributed by atoms with E-state index in [0.29, 0.717) is 5.69 Å². The second-order valence-electron chi connectivity index (χ2n) is 4.30. The van der Waals surface area contributed by atoms with E-state index in [1.165, 1.54) is 6.20 Å². The molecule has 1 aliphatic rings. The second kappa shape index (κ2) is 4.53. The molecule has 1 aromatic heterocycles. The molecule has 2 N–H and O–H groups in total. The number of hydrogen-bond acceptors (Lipinski definition) is 3. The molecule has 0 bridgehead atoms. The summed E-state index contributed by atoms with van der Waals surface area (Å²) in [4.78, 5) is 26.8. The Kier molecular flexibility index (Phi) is 3.08. The number of amides is 1. The third-order valence-electron chi connectivity index (χ3n) is 2.87. The van der Waals surface area contributed by atoms with Crippen LogP contribution < -0.4 is 5.32 Å². The van der Waals surface area contributed by atoms with Gasteiger partial charge in [-0.1, -0.05) is 6.07 Å². The van der Waals surface area contributed by atoms with Gasteiger partial charge in [-0.05, 0) is 37.3 Å². The second-order valence-corrected chi connectivity index (χ2v) is 4.30. The van der Waals surface area contributed by atoms with Crippen LogP contribution in [-0.4, -0.2) is 28.0 Å². The SMILES string of the molecule is Cc1cccnc1C(=O)NC(C(=O)O)C1CC1. The first kappa shape index (κ1) is 11.6. The highest BCUT2D eigenvalue weighted by atomic mass is 16.4. The molecule has 0 saturated heterocycles. The number of hydrogen-bond donors (Lipinski definition) is 2. The Hall–Kier alpha value is -1.91. The van der Waals surface area contributed by atoms with Crippen molar-refractivity contribution < 1.29 is 14.7 Å². The third-order valence-corrected chi connectivity index (χ3v) is 2.87. The largest absolute Gasteiger partial charge is 0.480 e. The van der Waals surface area contributed by atoms with Crippen LogP contribution in [0.25, 0.3) is 0 Å². The third kappa shape index (κ3) is 2.61. The van der Waals surface area contributed by atoms with Crippen molar-refractivity contribution in [3.05, 3.63) is 29.6 Å². The van der Waals surface area contributed by atoms with Crippen LogP contribution in [-0.2, 0) is 4.79 Å². The molecule has 5 nitrogen and oxygen atoms in total. The number of nitrogens with zero attached hydrogens (tertiary/aromatic N) is 1. The summed E-state index contributed by atoms with van der Waals surface area (Å²) in [7, 11) is 0. The van der Waals surface area contributed by atoms with Crippen molar-refractivity contribution in [2.45, 2.75) is 25.8 Å². The van der Waals surface area contributed by atoms with E-state index in [1.54, 1.807) is 19.1 Å². The van der Waals surface area contributed by atoms with E-state index in [2.05, 4.69) is 10.3 Å². The Balaban J connectivity index is 2.10. The molecule has 0 radical (unpaired) electrons. The van der Waals surface area contributed by atoms with Crippen LogP contribution in [0.5, 0.6) is 0 Å². The van der Waals surface area contributed by atoms with Crippen LogP contribution in [0.15, 0.2) is 18.3 Å². The van der Waals surface area contributed by atoms with Gasteiger partial charge in [-0.2, -0.15) is 0 Å². The summed E-state index contributed by atoms with van der Waals surface area (Å²) in [5.74, 6) is -1.32. The number of aliphatic carboxylic acids is 1. The van der Waals surface area contributed by atoms with Crippen molar-refractivity contribution in [3.63, 3.8) is 0 Å². The highest BCUT2D eigenvalue weighted by Gasteiger charge is 2.37. The summed E-state index contributed by atoms with van der Waals surface area (Å²) in [5, 5.41) is 11.5. The van der Waals surface area contributed by atoms with Crippen molar-refractivity contribution in [2.24, 2.45) is 5.92 Å². The van der Waals surface area contributed by atoms with E-state index in [-0.39, 0.29) is 5.92 Å². The van der Waals surface area contributed by atoms with Gasteiger partial charge in [-0.3, -0.25) is 9.78 Å². The van der Waals surface area contributed by atoms with E-state index in [4.69, 9.17) is 5.11 Å². The van der Waals surface area contributed by atoms with Crippen LogP contribution in [0.4, 0.5) is 0 Å². The molecule has 90 valence electrons. The van der Waals surface area contributed by atoms with Gasteiger partial charge >= 0.3 is 5.97 Å². The van der Waals surface area contributed by atoms with Crippen LogP contribution in [0, 0.1) is 12.8 Å². The molecule has 5 heteroatoms. The molecule has 1 atom stereocenters. The summed E-state index contributed by atoms with van der Waals surface area (Å²) in [6.07, 6.45) is 3.24. The fourth-order valence-corrected chi connectivity index (χ4v) is 1.74. The van der Waals surface area contributed by atoms with Gasteiger partial charge in [-0.15, -0.1) is 0 Å². The van der Waals surface area contributed by atoms with Gasteiger partial charge in [0.1, 0.15) is 11.7 Å². The van der Waals surface area contributed by atoms with E-state index in [9.17, 15) is 9.59 Å². The molecular weight excluding hydrogens is 220 g/mol. The molecule has 1 unspecified atom stereocenters. The predicted molar refractivity (Wildman–Crippen MR) is 60.6 cm³/mol. The first-order valence-corrected chi connectivity index (χ1v) is 5.55. The number of carboxylic acids is 1. The summed E-state index contributed by atoms with van der Waals surface area (Å²) in [6.45, 7) is 1.77. The molecule has 1 saturated carbocycles. The topological polar surface area (TPSA) is 79.3 Å². The molecule has 1 aromatic rings.